The molecule has 14 heavy (non-hydrogen) atoms. The molecule has 0 spiro atoms. The molecule has 2 nitrogen and oxygen atoms in total. The van der Waals surface area contributed by atoms with E-state index in [-0.39, 0.29) is 0 Å². The van der Waals surface area contributed by atoms with Crippen molar-refractivity contribution < 1.29 is 4.79 Å². The first-order chi connectivity index (χ1) is 6.65. The summed E-state index contributed by atoms with van der Waals surface area (Å²) in [6.45, 7) is 7.43. The van der Waals surface area contributed by atoms with Gasteiger partial charge in [-0.15, -0.1) is 0 Å². The first-order valence-electron chi connectivity index (χ1n) is 5.94. The van der Waals surface area contributed by atoms with Gasteiger partial charge in [0.15, 0.2) is 0 Å². The van der Waals surface area contributed by atoms with E-state index in [0.29, 0.717) is 24.3 Å². The highest BCUT2D eigenvalue weighted by atomic mass is 16.2. The van der Waals surface area contributed by atoms with Gasteiger partial charge in [-0.2, -0.15) is 0 Å². The average molecular weight is 197 g/mol. The Hall–Kier alpha value is -0.530. The minimum atomic E-state index is 0.343. The number of hydrogen-bond acceptors (Lipinski definition) is 1. The van der Waals surface area contributed by atoms with Crippen molar-refractivity contribution in [1.82, 2.24) is 4.90 Å². The van der Waals surface area contributed by atoms with Gasteiger partial charge in [-0.1, -0.05) is 20.8 Å². The number of rotatable bonds is 3. The molecule has 82 valence electrons. The van der Waals surface area contributed by atoms with E-state index in [1.807, 2.05) is 6.92 Å². The molecule has 0 bridgehead atoms. The zero-order valence-corrected chi connectivity index (χ0v) is 9.75. The molecule has 1 amide bonds. The molecule has 0 radical (unpaired) electrons. The third-order valence-corrected chi connectivity index (χ3v) is 2.99. The molecule has 1 fully saturated rings. The normalized spacial score (nSPS) is 22.9. The Morgan fingerprint density at radius 3 is 2.71 bits per heavy atom. The maximum Gasteiger partial charge on any atom is 0.222 e. The number of likely N-dealkylation sites (tertiary alicyclic amines) is 1. The van der Waals surface area contributed by atoms with Gasteiger partial charge in [-0.25, -0.2) is 0 Å². The minimum absolute atomic E-state index is 0.343. The molecule has 0 aromatic carbocycles. The maximum atomic E-state index is 11.7. The molecule has 2 heteroatoms. The molecule has 1 rings (SSSR count). The lowest BCUT2D eigenvalue weighted by Crippen LogP contribution is -2.44. The van der Waals surface area contributed by atoms with Crippen LogP contribution in [0.15, 0.2) is 0 Å². The van der Waals surface area contributed by atoms with Crippen molar-refractivity contribution >= 4 is 5.91 Å². The minimum Gasteiger partial charge on any atom is -0.340 e. The van der Waals surface area contributed by atoms with Gasteiger partial charge in [-0.3, -0.25) is 4.79 Å². The highest BCUT2D eigenvalue weighted by Gasteiger charge is 2.25. The zero-order valence-electron chi connectivity index (χ0n) is 9.75. The molecule has 0 aliphatic carbocycles. The largest absolute Gasteiger partial charge is 0.340 e. The van der Waals surface area contributed by atoms with Crippen molar-refractivity contribution in [1.29, 1.82) is 0 Å². The van der Waals surface area contributed by atoms with Crippen molar-refractivity contribution in [2.75, 3.05) is 6.54 Å². The highest BCUT2D eigenvalue weighted by Crippen LogP contribution is 2.23. The standard InChI is InChI=1S/C12H23NO/c1-4-12(14)13-8-6-5-7-11(13)9-10(2)3/h10-11H,4-9H2,1-3H3/t11-/m0/s1. The lowest BCUT2D eigenvalue weighted by Gasteiger charge is -2.36. The fourth-order valence-corrected chi connectivity index (χ4v) is 2.32. The van der Waals surface area contributed by atoms with Crippen LogP contribution < -0.4 is 0 Å². The van der Waals surface area contributed by atoms with Gasteiger partial charge in [0, 0.05) is 19.0 Å². The monoisotopic (exact) mass is 197 g/mol. The number of nitrogens with zero attached hydrogens (tertiary/aromatic N) is 1. The molecule has 1 atom stereocenters. The smallest absolute Gasteiger partial charge is 0.222 e. The molecular formula is C12H23NO. The van der Waals surface area contributed by atoms with E-state index in [1.165, 1.54) is 25.7 Å². The summed E-state index contributed by atoms with van der Waals surface area (Å²) in [4.78, 5) is 13.8. The Balaban J connectivity index is 2.54. The van der Waals surface area contributed by atoms with E-state index in [4.69, 9.17) is 0 Å². The molecule has 1 aliphatic rings. The van der Waals surface area contributed by atoms with Gasteiger partial charge >= 0.3 is 0 Å². The fourth-order valence-electron chi connectivity index (χ4n) is 2.32. The summed E-state index contributed by atoms with van der Waals surface area (Å²) in [5.41, 5.74) is 0. The fraction of sp³-hybridized carbons (Fsp3) is 0.917. The molecule has 0 aromatic heterocycles. The molecule has 1 heterocycles. The van der Waals surface area contributed by atoms with Crippen molar-refractivity contribution in [3.05, 3.63) is 0 Å². The van der Waals surface area contributed by atoms with E-state index < -0.39 is 0 Å². The Kier molecular flexibility index (Phi) is 4.43. The zero-order chi connectivity index (χ0) is 10.6. The van der Waals surface area contributed by atoms with Crippen molar-refractivity contribution in [3.8, 4) is 0 Å². The van der Waals surface area contributed by atoms with Gasteiger partial charge in [0.2, 0.25) is 5.91 Å². The quantitative estimate of drug-likeness (QED) is 0.681. The summed E-state index contributed by atoms with van der Waals surface area (Å²) in [6, 6.07) is 0.524. The molecule has 1 saturated heterocycles. The molecular weight excluding hydrogens is 174 g/mol. The van der Waals surface area contributed by atoms with E-state index in [0.717, 1.165) is 6.54 Å². The van der Waals surface area contributed by atoms with Crippen LogP contribution in [0.4, 0.5) is 0 Å². The van der Waals surface area contributed by atoms with Crippen LogP contribution in [0.3, 0.4) is 0 Å². The highest BCUT2D eigenvalue weighted by molar-refractivity contribution is 5.76. The maximum absolute atomic E-state index is 11.7. The molecule has 0 aromatic rings. The van der Waals surface area contributed by atoms with Crippen LogP contribution in [-0.4, -0.2) is 23.4 Å². The second kappa shape index (κ2) is 5.38. The summed E-state index contributed by atoms with van der Waals surface area (Å²) in [7, 11) is 0. The van der Waals surface area contributed by atoms with Gasteiger partial charge in [0.05, 0.1) is 0 Å². The van der Waals surface area contributed by atoms with Crippen molar-refractivity contribution in [2.24, 2.45) is 5.92 Å². The van der Waals surface area contributed by atoms with Crippen molar-refractivity contribution in [2.45, 2.75) is 58.9 Å². The Bertz CT molecular complexity index is 189. The van der Waals surface area contributed by atoms with Crippen LogP contribution in [0.25, 0.3) is 0 Å². The summed E-state index contributed by atoms with van der Waals surface area (Å²) in [6.07, 6.45) is 5.54. The molecule has 0 saturated carbocycles. The number of hydrogen-bond donors (Lipinski definition) is 0. The molecule has 1 aliphatic heterocycles. The van der Waals surface area contributed by atoms with Crippen LogP contribution >= 0.6 is 0 Å². The lowest BCUT2D eigenvalue weighted by molar-refractivity contribution is -0.134. The van der Waals surface area contributed by atoms with Crippen LogP contribution in [-0.2, 0) is 4.79 Å². The Morgan fingerprint density at radius 2 is 2.14 bits per heavy atom. The second-order valence-corrected chi connectivity index (χ2v) is 4.72. The summed E-state index contributed by atoms with van der Waals surface area (Å²) < 4.78 is 0. The number of piperidine rings is 1. The third-order valence-electron chi connectivity index (χ3n) is 2.99. The molecule has 0 unspecified atom stereocenters. The van der Waals surface area contributed by atoms with Gasteiger partial charge in [-0.05, 0) is 31.6 Å². The van der Waals surface area contributed by atoms with E-state index >= 15 is 0 Å². The van der Waals surface area contributed by atoms with Crippen LogP contribution in [0.5, 0.6) is 0 Å². The third kappa shape index (κ3) is 3.00. The van der Waals surface area contributed by atoms with Crippen LogP contribution in [0.1, 0.15) is 52.9 Å². The number of carbonyl (C=O) groups is 1. The lowest BCUT2D eigenvalue weighted by atomic mass is 9.94. The van der Waals surface area contributed by atoms with E-state index in [2.05, 4.69) is 18.7 Å². The predicted molar refractivity (Wildman–Crippen MR) is 59.1 cm³/mol. The topological polar surface area (TPSA) is 20.3 Å². The molecule has 0 N–H and O–H groups in total. The van der Waals surface area contributed by atoms with Gasteiger partial charge < -0.3 is 4.90 Å². The summed E-state index contributed by atoms with van der Waals surface area (Å²) in [5, 5.41) is 0. The van der Waals surface area contributed by atoms with Gasteiger partial charge in [0.1, 0.15) is 0 Å². The van der Waals surface area contributed by atoms with E-state index in [9.17, 15) is 4.79 Å². The van der Waals surface area contributed by atoms with E-state index in [1.54, 1.807) is 0 Å². The second-order valence-electron chi connectivity index (χ2n) is 4.72. The average Bonchev–Trinajstić information content (AvgIpc) is 2.16. The first-order valence-corrected chi connectivity index (χ1v) is 5.94. The number of amides is 1. The Morgan fingerprint density at radius 1 is 1.43 bits per heavy atom. The van der Waals surface area contributed by atoms with Gasteiger partial charge in [0.25, 0.3) is 0 Å². The summed E-state index contributed by atoms with van der Waals surface area (Å²) in [5.74, 6) is 1.04. The summed E-state index contributed by atoms with van der Waals surface area (Å²) >= 11 is 0. The predicted octanol–water partition coefficient (Wildman–Crippen LogP) is 2.82. The van der Waals surface area contributed by atoms with Crippen LogP contribution in [0, 0.1) is 5.92 Å². The first kappa shape index (κ1) is 11.5. The van der Waals surface area contributed by atoms with Crippen molar-refractivity contribution in [3.63, 3.8) is 0 Å². The Labute approximate surface area is 87.7 Å². The van der Waals surface area contributed by atoms with Crippen LogP contribution in [0.2, 0.25) is 0 Å². The number of carbonyl (C=O) groups excluding carboxylic acids is 1. The SMILES string of the molecule is CCC(=O)N1CCCC[C@H]1CC(C)C.